The van der Waals surface area contributed by atoms with Crippen LogP contribution in [0.4, 0.5) is 5.69 Å². The lowest BCUT2D eigenvalue weighted by Gasteiger charge is -2.41. The van der Waals surface area contributed by atoms with Crippen LogP contribution in [-0.4, -0.2) is 48.5 Å². The lowest BCUT2D eigenvalue weighted by atomic mass is 9.98. The molecule has 0 unspecified atom stereocenters. The van der Waals surface area contributed by atoms with Crippen molar-refractivity contribution >= 4 is 17.6 Å². The van der Waals surface area contributed by atoms with E-state index in [0.717, 1.165) is 30.3 Å². The molecule has 1 fully saturated rings. The molecule has 27 heavy (non-hydrogen) atoms. The minimum Gasteiger partial charge on any atom is -0.357 e. The fourth-order valence-corrected chi connectivity index (χ4v) is 3.37. The van der Waals surface area contributed by atoms with E-state index in [1.165, 1.54) is 39.3 Å². The Morgan fingerprint density at radius 1 is 1.19 bits per heavy atom. The summed E-state index contributed by atoms with van der Waals surface area (Å²) in [6.07, 6.45) is 3.94. The number of nitrogens with one attached hydrogen (secondary N) is 3. The zero-order valence-electron chi connectivity index (χ0n) is 17.3. The topological polar surface area (TPSA) is 68.8 Å². The molecule has 1 aliphatic rings. The normalized spacial score (nSPS) is 16.1. The van der Waals surface area contributed by atoms with Crippen LogP contribution in [0.5, 0.6) is 0 Å². The van der Waals surface area contributed by atoms with Crippen LogP contribution in [-0.2, 0) is 11.3 Å². The monoisotopic (exact) mass is 373 g/mol. The van der Waals surface area contributed by atoms with E-state index in [4.69, 9.17) is 4.99 Å². The van der Waals surface area contributed by atoms with Crippen LogP contribution in [0.3, 0.4) is 0 Å². The van der Waals surface area contributed by atoms with Crippen molar-refractivity contribution in [2.24, 2.45) is 4.99 Å². The molecule has 0 bridgehead atoms. The van der Waals surface area contributed by atoms with Gasteiger partial charge in [-0.3, -0.25) is 9.69 Å². The molecule has 0 radical (unpaired) electrons. The number of carbonyl (C=O) groups excluding carboxylic acids is 1. The van der Waals surface area contributed by atoms with Crippen molar-refractivity contribution < 1.29 is 4.79 Å². The number of aliphatic imine (C=N–C) groups is 1. The van der Waals surface area contributed by atoms with Crippen molar-refractivity contribution in [2.75, 3.05) is 31.5 Å². The first-order valence-corrected chi connectivity index (χ1v) is 10.0. The first kappa shape index (κ1) is 21.2. The minimum atomic E-state index is -0.0643. The van der Waals surface area contributed by atoms with Gasteiger partial charge in [-0.05, 0) is 64.4 Å². The van der Waals surface area contributed by atoms with Gasteiger partial charge in [-0.2, -0.15) is 0 Å². The van der Waals surface area contributed by atoms with E-state index in [2.05, 4.69) is 41.6 Å². The van der Waals surface area contributed by atoms with Crippen molar-refractivity contribution in [2.45, 2.75) is 59.0 Å². The van der Waals surface area contributed by atoms with E-state index >= 15 is 0 Å². The van der Waals surface area contributed by atoms with Gasteiger partial charge < -0.3 is 16.0 Å². The number of piperidine rings is 1. The summed E-state index contributed by atoms with van der Waals surface area (Å²) >= 11 is 0. The van der Waals surface area contributed by atoms with Crippen molar-refractivity contribution in [1.82, 2.24) is 15.5 Å². The molecule has 1 amide bonds. The lowest BCUT2D eigenvalue weighted by Crippen LogP contribution is -2.54. The molecule has 0 atom stereocenters. The third kappa shape index (κ3) is 7.21. The first-order valence-electron chi connectivity index (χ1n) is 10.0. The van der Waals surface area contributed by atoms with Crippen LogP contribution in [0, 0.1) is 0 Å². The predicted molar refractivity (Wildman–Crippen MR) is 113 cm³/mol. The molecule has 1 aromatic rings. The number of benzene rings is 1. The van der Waals surface area contributed by atoms with Gasteiger partial charge in [0.1, 0.15) is 0 Å². The summed E-state index contributed by atoms with van der Waals surface area (Å²) < 4.78 is 0. The smallest absolute Gasteiger partial charge is 0.221 e. The fourth-order valence-electron chi connectivity index (χ4n) is 3.37. The first-order chi connectivity index (χ1) is 12.9. The van der Waals surface area contributed by atoms with Gasteiger partial charge in [0.2, 0.25) is 5.91 Å². The molecule has 150 valence electrons. The third-order valence-corrected chi connectivity index (χ3v) is 4.91. The maximum atomic E-state index is 11.2. The lowest BCUT2D eigenvalue weighted by molar-refractivity contribution is -0.114. The maximum Gasteiger partial charge on any atom is 0.221 e. The highest BCUT2D eigenvalue weighted by molar-refractivity contribution is 5.88. The van der Waals surface area contributed by atoms with Crippen LogP contribution in [0.1, 0.15) is 52.5 Å². The van der Waals surface area contributed by atoms with Crippen LogP contribution in [0.15, 0.2) is 29.3 Å². The predicted octanol–water partition coefficient (Wildman–Crippen LogP) is 2.96. The molecule has 6 heteroatoms. The molecule has 2 rings (SSSR count). The van der Waals surface area contributed by atoms with Crippen LogP contribution >= 0.6 is 0 Å². The zero-order chi connectivity index (χ0) is 19.7. The van der Waals surface area contributed by atoms with Gasteiger partial charge in [-0.15, -0.1) is 0 Å². The Hall–Kier alpha value is -2.08. The van der Waals surface area contributed by atoms with Gasteiger partial charge in [-0.25, -0.2) is 4.99 Å². The summed E-state index contributed by atoms with van der Waals surface area (Å²) in [7, 11) is 0. The molecule has 0 spiro atoms. The summed E-state index contributed by atoms with van der Waals surface area (Å²) in [4.78, 5) is 18.5. The Morgan fingerprint density at radius 2 is 1.93 bits per heavy atom. The Bertz CT molecular complexity index is 635. The van der Waals surface area contributed by atoms with E-state index in [1.807, 2.05) is 24.3 Å². The molecule has 1 saturated heterocycles. The number of amides is 1. The molecular weight excluding hydrogens is 338 g/mol. The summed E-state index contributed by atoms with van der Waals surface area (Å²) in [6.45, 7) is 12.8. The van der Waals surface area contributed by atoms with E-state index < -0.39 is 0 Å². The minimum absolute atomic E-state index is 0.0643. The Kier molecular flexibility index (Phi) is 8.10. The zero-order valence-corrected chi connectivity index (χ0v) is 17.3. The quantitative estimate of drug-likeness (QED) is 0.508. The Morgan fingerprint density at radius 3 is 2.59 bits per heavy atom. The fraction of sp³-hybridized carbons (Fsp3) is 0.619. The second-order valence-electron chi connectivity index (χ2n) is 7.79. The molecule has 0 aromatic heterocycles. The largest absolute Gasteiger partial charge is 0.357 e. The van der Waals surface area contributed by atoms with E-state index in [-0.39, 0.29) is 11.4 Å². The van der Waals surface area contributed by atoms with Crippen LogP contribution in [0.2, 0.25) is 0 Å². The summed E-state index contributed by atoms with van der Waals surface area (Å²) in [5.74, 6) is 0.762. The van der Waals surface area contributed by atoms with Gasteiger partial charge in [0, 0.05) is 31.2 Å². The molecule has 3 N–H and O–H groups in total. The Balaban J connectivity index is 1.96. The van der Waals surface area contributed by atoms with Crippen molar-refractivity contribution in [3.8, 4) is 0 Å². The summed E-state index contributed by atoms with van der Waals surface area (Å²) in [6, 6.07) is 7.82. The van der Waals surface area contributed by atoms with Gasteiger partial charge in [0.25, 0.3) is 0 Å². The third-order valence-electron chi connectivity index (χ3n) is 4.91. The van der Waals surface area contributed by atoms with Gasteiger partial charge >= 0.3 is 0 Å². The number of rotatable bonds is 7. The number of guanidine groups is 1. The van der Waals surface area contributed by atoms with Crippen molar-refractivity contribution in [3.63, 3.8) is 0 Å². The maximum absolute atomic E-state index is 11.2. The molecule has 0 saturated carbocycles. The molecular formula is C21H35N5O. The van der Waals surface area contributed by atoms with E-state index in [0.29, 0.717) is 6.54 Å². The van der Waals surface area contributed by atoms with Gasteiger partial charge in [0.05, 0.1) is 6.54 Å². The van der Waals surface area contributed by atoms with E-state index in [1.54, 1.807) is 0 Å². The Labute approximate surface area is 163 Å². The molecule has 1 aliphatic heterocycles. The van der Waals surface area contributed by atoms with Gasteiger partial charge in [0.15, 0.2) is 5.96 Å². The average Bonchev–Trinajstić information content (AvgIpc) is 2.64. The number of likely N-dealkylation sites (tertiary alicyclic amines) is 1. The van der Waals surface area contributed by atoms with Crippen LogP contribution < -0.4 is 16.0 Å². The number of hydrogen-bond acceptors (Lipinski definition) is 3. The van der Waals surface area contributed by atoms with Crippen molar-refractivity contribution in [1.29, 1.82) is 0 Å². The standard InChI is InChI=1S/C21H35N5O/c1-5-22-20(24-16-21(3,4)26-12-7-6-8-13-26)23-15-18-10-9-11-19(14-18)25-17(2)27/h9-11,14H,5-8,12-13,15-16H2,1-4H3,(H,25,27)(H2,22,23,24). The number of anilines is 1. The number of carbonyl (C=O) groups is 1. The van der Waals surface area contributed by atoms with Gasteiger partial charge in [-0.1, -0.05) is 18.6 Å². The average molecular weight is 374 g/mol. The highest BCUT2D eigenvalue weighted by Gasteiger charge is 2.27. The van der Waals surface area contributed by atoms with E-state index in [9.17, 15) is 4.79 Å². The number of nitrogens with zero attached hydrogens (tertiary/aromatic N) is 2. The molecule has 6 nitrogen and oxygen atoms in total. The molecule has 1 heterocycles. The number of hydrogen-bond donors (Lipinski definition) is 3. The highest BCUT2D eigenvalue weighted by Crippen LogP contribution is 2.19. The second kappa shape index (κ2) is 10.3. The van der Waals surface area contributed by atoms with Crippen LogP contribution in [0.25, 0.3) is 0 Å². The molecule has 1 aromatic carbocycles. The van der Waals surface area contributed by atoms with Crippen molar-refractivity contribution in [3.05, 3.63) is 29.8 Å². The SMILES string of the molecule is CCNC(=NCc1cccc(NC(C)=O)c1)NCC(C)(C)N1CCCCC1. The second-order valence-corrected chi connectivity index (χ2v) is 7.79. The summed E-state index contributed by atoms with van der Waals surface area (Å²) in [5, 5.41) is 9.64. The summed E-state index contributed by atoms with van der Waals surface area (Å²) in [5.41, 5.74) is 1.97. The molecule has 0 aliphatic carbocycles. The highest BCUT2D eigenvalue weighted by atomic mass is 16.1.